The van der Waals surface area contributed by atoms with Crippen molar-refractivity contribution in [3.63, 3.8) is 0 Å². The van der Waals surface area contributed by atoms with Crippen LogP contribution in [0.2, 0.25) is 5.02 Å². The van der Waals surface area contributed by atoms with E-state index in [1.807, 2.05) is 0 Å². The van der Waals surface area contributed by atoms with Crippen LogP contribution < -0.4 is 10.3 Å². The lowest BCUT2D eigenvalue weighted by molar-refractivity contribution is 0.0467. The van der Waals surface area contributed by atoms with Crippen LogP contribution in [-0.2, 0) is 21.4 Å². The molecule has 0 bridgehead atoms. The highest BCUT2D eigenvalue weighted by Crippen LogP contribution is 2.23. The first kappa shape index (κ1) is 18.5. The number of thiazole rings is 1. The maximum atomic E-state index is 12.2. The van der Waals surface area contributed by atoms with Crippen molar-refractivity contribution >= 4 is 43.9 Å². The van der Waals surface area contributed by atoms with Crippen molar-refractivity contribution in [3.05, 3.63) is 62.5 Å². The van der Waals surface area contributed by atoms with Gasteiger partial charge in [0.15, 0.2) is 4.96 Å². The largest absolute Gasteiger partial charge is 0.456 e. The monoisotopic (exact) mass is 413 g/mol. The van der Waals surface area contributed by atoms with Crippen molar-refractivity contribution in [1.82, 2.24) is 14.1 Å². The van der Waals surface area contributed by atoms with Gasteiger partial charge in [-0.3, -0.25) is 9.20 Å². The van der Waals surface area contributed by atoms with Crippen LogP contribution in [0.1, 0.15) is 16.1 Å². The second kappa shape index (κ2) is 7.16. The van der Waals surface area contributed by atoms with E-state index in [9.17, 15) is 18.0 Å². The molecule has 0 atom stereocenters. The van der Waals surface area contributed by atoms with Gasteiger partial charge in [-0.25, -0.2) is 22.9 Å². The van der Waals surface area contributed by atoms with Crippen LogP contribution in [0.4, 0.5) is 0 Å². The molecule has 0 saturated heterocycles. The Balaban J connectivity index is 1.81. The highest BCUT2D eigenvalue weighted by atomic mass is 35.5. The third-order valence-electron chi connectivity index (χ3n) is 3.43. The number of sulfonamides is 1. The van der Waals surface area contributed by atoms with Crippen LogP contribution in [0.15, 0.2) is 45.5 Å². The number of benzene rings is 1. The Bertz CT molecular complexity index is 1150. The number of hydrogen-bond acceptors (Lipinski definition) is 7. The normalized spacial score (nSPS) is 11.6. The quantitative estimate of drug-likeness (QED) is 0.637. The van der Waals surface area contributed by atoms with E-state index in [0.29, 0.717) is 10.7 Å². The van der Waals surface area contributed by atoms with E-state index in [2.05, 4.69) is 9.71 Å². The Morgan fingerprint density at radius 3 is 2.88 bits per heavy atom. The molecular formula is C15H12ClN3O5S2. The van der Waals surface area contributed by atoms with Crippen LogP contribution in [-0.4, -0.2) is 30.8 Å². The van der Waals surface area contributed by atoms with Gasteiger partial charge in [0.05, 0.1) is 16.3 Å². The molecule has 26 heavy (non-hydrogen) atoms. The van der Waals surface area contributed by atoms with Crippen molar-refractivity contribution in [2.45, 2.75) is 11.5 Å². The fourth-order valence-electron chi connectivity index (χ4n) is 2.13. The van der Waals surface area contributed by atoms with E-state index < -0.39 is 16.0 Å². The molecule has 0 saturated carbocycles. The number of carbonyl (C=O) groups is 1. The predicted molar refractivity (Wildman–Crippen MR) is 96.2 cm³/mol. The van der Waals surface area contributed by atoms with Crippen molar-refractivity contribution < 1.29 is 17.9 Å². The molecule has 0 spiro atoms. The maximum absolute atomic E-state index is 12.2. The molecule has 0 unspecified atom stereocenters. The molecule has 0 fully saturated rings. The SMILES string of the molecule is CNS(=O)(=O)c1cc(C(=O)OCc2cc(=O)n3ccsc3n2)ccc1Cl. The summed E-state index contributed by atoms with van der Waals surface area (Å²) >= 11 is 7.16. The summed E-state index contributed by atoms with van der Waals surface area (Å²) in [6.45, 7) is -0.223. The Kier molecular flexibility index (Phi) is 5.10. The van der Waals surface area contributed by atoms with Crippen LogP contribution in [0.3, 0.4) is 0 Å². The molecule has 2 aromatic heterocycles. The van der Waals surface area contributed by atoms with Gasteiger partial charge in [0.2, 0.25) is 10.0 Å². The first-order valence-electron chi connectivity index (χ1n) is 7.18. The van der Waals surface area contributed by atoms with Gasteiger partial charge in [-0.15, -0.1) is 11.3 Å². The third-order valence-corrected chi connectivity index (χ3v) is 6.09. The molecule has 136 valence electrons. The van der Waals surface area contributed by atoms with E-state index in [1.54, 1.807) is 11.6 Å². The molecular weight excluding hydrogens is 402 g/mol. The minimum absolute atomic E-state index is 0.0112. The van der Waals surface area contributed by atoms with Crippen LogP contribution in [0.5, 0.6) is 0 Å². The Morgan fingerprint density at radius 1 is 1.38 bits per heavy atom. The standard InChI is InChI=1S/C15H12ClN3O5S2/c1-17-26(22,23)12-6-9(2-3-11(12)16)14(21)24-8-10-7-13(20)19-4-5-25-15(19)18-10/h2-7,17H,8H2,1H3. The number of rotatable bonds is 5. The Morgan fingerprint density at radius 2 is 2.15 bits per heavy atom. The van der Waals surface area contributed by atoms with Gasteiger partial charge in [0, 0.05) is 17.6 Å². The predicted octanol–water partition coefficient (Wildman–Crippen LogP) is 1.67. The Hall–Kier alpha value is -2.27. The summed E-state index contributed by atoms with van der Waals surface area (Å²) in [4.78, 5) is 28.6. The minimum Gasteiger partial charge on any atom is -0.456 e. The lowest BCUT2D eigenvalue weighted by Crippen LogP contribution is -2.19. The molecule has 0 aliphatic rings. The third kappa shape index (κ3) is 3.63. The van der Waals surface area contributed by atoms with E-state index >= 15 is 0 Å². The molecule has 0 aliphatic heterocycles. The summed E-state index contributed by atoms with van der Waals surface area (Å²) in [6.07, 6.45) is 1.60. The van der Waals surface area contributed by atoms with Crippen LogP contribution in [0.25, 0.3) is 4.96 Å². The van der Waals surface area contributed by atoms with E-state index in [1.165, 1.54) is 41.0 Å². The minimum atomic E-state index is -3.82. The number of halogens is 1. The molecule has 0 aliphatic carbocycles. The smallest absolute Gasteiger partial charge is 0.338 e. The van der Waals surface area contributed by atoms with E-state index in [0.717, 1.165) is 6.07 Å². The summed E-state index contributed by atoms with van der Waals surface area (Å²) in [6, 6.07) is 5.04. The first-order chi connectivity index (χ1) is 12.3. The lowest BCUT2D eigenvalue weighted by atomic mass is 10.2. The maximum Gasteiger partial charge on any atom is 0.338 e. The Labute approximate surface area is 157 Å². The summed E-state index contributed by atoms with van der Waals surface area (Å²) in [5.74, 6) is -0.762. The molecule has 1 aromatic carbocycles. The fourth-order valence-corrected chi connectivity index (χ4v) is 4.12. The van der Waals surface area contributed by atoms with Crippen LogP contribution >= 0.6 is 22.9 Å². The number of nitrogens with zero attached hydrogens (tertiary/aromatic N) is 2. The van der Waals surface area contributed by atoms with Crippen molar-refractivity contribution in [2.24, 2.45) is 0 Å². The van der Waals surface area contributed by atoms with Gasteiger partial charge < -0.3 is 4.74 Å². The highest BCUT2D eigenvalue weighted by molar-refractivity contribution is 7.89. The highest BCUT2D eigenvalue weighted by Gasteiger charge is 2.19. The zero-order chi connectivity index (χ0) is 18.9. The number of ether oxygens (including phenoxy) is 1. The van der Waals surface area contributed by atoms with Gasteiger partial charge >= 0.3 is 5.97 Å². The molecule has 3 rings (SSSR count). The van der Waals surface area contributed by atoms with Crippen molar-refractivity contribution in [2.75, 3.05) is 7.05 Å². The zero-order valence-corrected chi connectivity index (χ0v) is 15.7. The number of esters is 1. The van der Waals surface area contributed by atoms with E-state index in [4.69, 9.17) is 16.3 Å². The van der Waals surface area contributed by atoms with Gasteiger partial charge in [0.1, 0.15) is 11.5 Å². The van der Waals surface area contributed by atoms with Crippen molar-refractivity contribution in [1.29, 1.82) is 0 Å². The molecule has 2 heterocycles. The number of nitrogens with one attached hydrogen (secondary N) is 1. The van der Waals surface area contributed by atoms with Gasteiger partial charge in [-0.05, 0) is 25.2 Å². The second-order valence-electron chi connectivity index (χ2n) is 5.07. The lowest BCUT2D eigenvalue weighted by Gasteiger charge is -2.08. The number of carbonyl (C=O) groups excluding carboxylic acids is 1. The van der Waals surface area contributed by atoms with Crippen LogP contribution in [0, 0.1) is 0 Å². The second-order valence-corrected chi connectivity index (χ2v) is 8.21. The molecule has 11 heteroatoms. The van der Waals surface area contributed by atoms with Crippen molar-refractivity contribution in [3.8, 4) is 0 Å². The van der Waals surface area contributed by atoms with E-state index in [-0.39, 0.29) is 27.6 Å². The van der Waals surface area contributed by atoms with Gasteiger partial charge in [0.25, 0.3) is 5.56 Å². The molecule has 3 aromatic rings. The average Bonchev–Trinajstić information content (AvgIpc) is 3.09. The first-order valence-corrected chi connectivity index (χ1v) is 9.92. The number of aromatic nitrogens is 2. The zero-order valence-electron chi connectivity index (χ0n) is 13.3. The fraction of sp³-hybridized carbons (Fsp3) is 0.133. The molecule has 1 N–H and O–H groups in total. The summed E-state index contributed by atoms with van der Waals surface area (Å²) in [5.41, 5.74) is 0.0242. The number of fused-ring (bicyclic) bond motifs is 1. The molecule has 0 amide bonds. The molecule has 8 nitrogen and oxygen atoms in total. The molecule has 0 radical (unpaired) electrons. The summed E-state index contributed by atoms with van der Waals surface area (Å²) < 4.78 is 32.5. The summed E-state index contributed by atoms with van der Waals surface area (Å²) in [7, 11) is -2.58. The average molecular weight is 414 g/mol. The topological polar surface area (TPSA) is 107 Å². The van der Waals surface area contributed by atoms with Gasteiger partial charge in [-0.2, -0.15) is 0 Å². The summed E-state index contributed by atoms with van der Waals surface area (Å²) in [5, 5.41) is 1.70. The van der Waals surface area contributed by atoms with Gasteiger partial charge in [-0.1, -0.05) is 11.6 Å². The number of hydrogen-bond donors (Lipinski definition) is 1.